The number of aromatic amines is 2. The highest BCUT2D eigenvalue weighted by molar-refractivity contribution is 5.99. The summed E-state index contributed by atoms with van der Waals surface area (Å²) < 4.78 is 0. The number of nitrogens with one attached hydrogen (secondary N) is 2. The maximum Gasteiger partial charge on any atom is 0.253 e. The Morgan fingerprint density at radius 2 is 1.69 bits per heavy atom. The van der Waals surface area contributed by atoms with Crippen molar-refractivity contribution in [1.82, 2.24) is 24.8 Å². The summed E-state index contributed by atoms with van der Waals surface area (Å²) in [5.74, 6) is 0.0466. The number of rotatable bonds is 3. The smallest absolute Gasteiger partial charge is 0.253 e. The Hall–Kier alpha value is -4.39. The van der Waals surface area contributed by atoms with Crippen molar-refractivity contribution in [1.29, 1.82) is 0 Å². The molecule has 0 saturated carbocycles. The molecule has 0 atom stereocenters. The fourth-order valence-electron chi connectivity index (χ4n) is 4.86. The van der Waals surface area contributed by atoms with Crippen LogP contribution in [0.15, 0.2) is 73.2 Å². The standard InChI is InChI=1S/C28H25N5O2/c1-18(34)32-9-11-33(12-10-32)28(35)22-4-2-3-19(13-22)23-15-24-25(17-31-27(24)30-16-23)20-5-6-26-21(14-20)7-8-29-26/h2-8,13-17,29H,9-12H2,1H3,(H,30,31). The zero-order valence-electron chi connectivity index (χ0n) is 19.4. The van der Waals surface area contributed by atoms with Crippen LogP contribution in [-0.4, -0.2) is 62.7 Å². The molecule has 1 saturated heterocycles. The van der Waals surface area contributed by atoms with Crippen LogP contribution in [0, 0.1) is 0 Å². The number of pyridine rings is 1. The summed E-state index contributed by atoms with van der Waals surface area (Å²) in [6.07, 6.45) is 5.78. The molecule has 1 aliphatic heterocycles. The Kier molecular flexibility index (Phi) is 5.10. The molecule has 3 aromatic heterocycles. The van der Waals surface area contributed by atoms with Crippen molar-refractivity contribution in [3.8, 4) is 22.3 Å². The Morgan fingerprint density at radius 3 is 2.51 bits per heavy atom. The molecule has 5 aromatic rings. The van der Waals surface area contributed by atoms with Crippen molar-refractivity contribution in [3.63, 3.8) is 0 Å². The van der Waals surface area contributed by atoms with Crippen molar-refractivity contribution in [2.24, 2.45) is 0 Å². The van der Waals surface area contributed by atoms with Gasteiger partial charge in [0.15, 0.2) is 0 Å². The van der Waals surface area contributed by atoms with Crippen molar-refractivity contribution >= 4 is 33.8 Å². The molecule has 2 amide bonds. The number of amides is 2. The molecular formula is C28H25N5O2. The minimum atomic E-state index is -0.00812. The van der Waals surface area contributed by atoms with Gasteiger partial charge in [0.05, 0.1) is 0 Å². The van der Waals surface area contributed by atoms with Gasteiger partial charge in [-0.3, -0.25) is 9.59 Å². The first-order chi connectivity index (χ1) is 17.1. The Balaban J connectivity index is 1.31. The Bertz CT molecular complexity index is 1570. The molecule has 0 unspecified atom stereocenters. The van der Waals surface area contributed by atoms with Gasteiger partial charge >= 0.3 is 0 Å². The third-order valence-corrected chi connectivity index (χ3v) is 6.85. The molecule has 0 radical (unpaired) electrons. The van der Waals surface area contributed by atoms with Gasteiger partial charge in [-0.15, -0.1) is 0 Å². The van der Waals surface area contributed by atoms with Gasteiger partial charge in [-0.1, -0.05) is 18.2 Å². The average molecular weight is 464 g/mol. The van der Waals surface area contributed by atoms with Gasteiger partial charge in [0, 0.05) is 79.3 Å². The molecule has 2 N–H and O–H groups in total. The molecule has 174 valence electrons. The van der Waals surface area contributed by atoms with Gasteiger partial charge in [-0.2, -0.15) is 0 Å². The van der Waals surface area contributed by atoms with Crippen molar-refractivity contribution in [2.75, 3.05) is 26.2 Å². The van der Waals surface area contributed by atoms with E-state index in [1.54, 1.807) is 11.8 Å². The molecule has 7 nitrogen and oxygen atoms in total. The van der Waals surface area contributed by atoms with Crippen LogP contribution in [0.5, 0.6) is 0 Å². The summed E-state index contributed by atoms with van der Waals surface area (Å²) in [7, 11) is 0. The third kappa shape index (κ3) is 3.85. The van der Waals surface area contributed by atoms with Crippen LogP contribution in [0.4, 0.5) is 0 Å². The minimum absolute atomic E-state index is 0.00812. The molecule has 0 bridgehead atoms. The van der Waals surface area contributed by atoms with Crippen LogP contribution < -0.4 is 0 Å². The van der Waals surface area contributed by atoms with Crippen LogP contribution in [0.25, 0.3) is 44.2 Å². The van der Waals surface area contributed by atoms with E-state index in [0.29, 0.717) is 31.7 Å². The fourth-order valence-corrected chi connectivity index (χ4v) is 4.86. The quantitative estimate of drug-likeness (QED) is 0.407. The van der Waals surface area contributed by atoms with Crippen molar-refractivity contribution in [3.05, 3.63) is 78.8 Å². The number of hydrogen-bond acceptors (Lipinski definition) is 3. The SMILES string of the molecule is CC(=O)N1CCN(C(=O)c2cccc(-c3cnc4[nH]cc(-c5ccc6[nH]ccc6c5)c4c3)c2)CC1. The van der Waals surface area contributed by atoms with Gasteiger partial charge in [-0.05, 0) is 52.9 Å². The molecule has 0 aliphatic carbocycles. The second-order valence-corrected chi connectivity index (χ2v) is 8.98. The maximum absolute atomic E-state index is 13.2. The van der Waals surface area contributed by atoms with E-state index in [-0.39, 0.29) is 11.8 Å². The van der Waals surface area contributed by atoms with Crippen LogP contribution in [0.2, 0.25) is 0 Å². The number of fused-ring (bicyclic) bond motifs is 2. The van der Waals surface area contributed by atoms with Gasteiger partial charge in [0.25, 0.3) is 5.91 Å². The van der Waals surface area contributed by atoms with Crippen LogP contribution >= 0.6 is 0 Å². The zero-order valence-corrected chi connectivity index (χ0v) is 19.4. The lowest BCUT2D eigenvalue weighted by molar-refractivity contribution is -0.130. The molecule has 2 aromatic carbocycles. The molecule has 35 heavy (non-hydrogen) atoms. The number of aromatic nitrogens is 3. The monoisotopic (exact) mass is 463 g/mol. The number of nitrogens with zero attached hydrogens (tertiary/aromatic N) is 3. The maximum atomic E-state index is 13.2. The molecule has 6 rings (SSSR count). The summed E-state index contributed by atoms with van der Waals surface area (Å²) in [5, 5.41) is 2.20. The topological polar surface area (TPSA) is 85.1 Å². The number of carbonyl (C=O) groups is 2. The lowest BCUT2D eigenvalue weighted by Crippen LogP contribution is -2.50. The highest BCUT2D eigenvalue weighted by Gasteiger charge is 2.23. The third-order valence-electron chi connectivity index (χ3n) is 6.85. The van der Waals surface area contributed by atoms with Crippen LogP contribution in [0.1, 0.15) is 17.3 Å². The van der Waals surface area contributed by atoms with Gasteiger partial charge < -0.3 is 19.8 Å². The Labute approximate surface area is 202 Å². The van der Waals surface area contributed by atoms with E-state index in [0.717, 1.165) is 44.2 Å². The van der Waals surface area contributed by atoms with Crippen molar-refractivity contribution < 1.29 is 9.59 Å². The fraction of sp³-hybridized carbons (Fsp3) is 0.179. The first-order valence-corrected chi connectivity index (χ1v) is 11.8. The molecular weight excluding hydrogens is 438 g/mol. The normalized spacial score (nSPS) is 14.1. The van der Waals surface area contributed by atoms with Crippen LogP contribution in [0.3, 0.4) is 0 Å². The number of piperazine rings is 1. The average Bonchev–Trinajstić information content (AvgIpc) is 3.54. The zero-order chi connectivity index (χ0) is 23.9. The van der Waals surface area contributed by atoms with E-state index < -0.39 is 0 Å². The van der Waals surface area contributed by atoms with E-state index in [1.165, 1.54) is 0 Å². The highest BCUT2D eigenvalue weighted by atomic mass is 16.2. The minimum Gasteiger partial charge on any atom is -0.361 e. The number of benzene rings is 2. The van der Waals surface area contributed by atoms with E-state index in [2.05, 4.69) is 45.3 Å². The summed E-state index contributed by atoms with van der Waals surface area (Å²) in [4.78, 5) is 39.5. The van der Waals surface area contributed by atoms with Gasteiger partial charge in [0.1, 0.15) is 5.65 Å². The first kappa shape index (κ1) is 21.2. The molecule has 1 aliphatic rings. The molecule has 1 fully saturated rings. The van der Waals surface area contributed by atoms with Crippen molar-refractivity contribution in [2.45, 2.75) is 6.92 Å². The number of H-pyrrole nitrogens is 2. The predicted molar refractivity (Wildman–Crippen MR) is 137 cm³/mol. The number of carbonyl (C=O) groups excluding carboxylic acids is 2. The summed E-state index contributed by atoms with van der Waals surface area (Å²) >= 11 is 0. The second kappa shape index (κ2) is 8.43. The van der Waals surface area contributed by atoms with E-state index in [9.17, 15) is 9.59 Å². The lowest BCUT2D eigenvalue weighted by Gasteiger charge is -2.34. The van der Waals surface area contributed by atoms with Crippen LogP contribution in [-0.2, 0) is 4.79 Å². The lowest BCUT2D eigenvalue weighted by atomic mass is 10.00. The van der Waals surface area contributed by atoms with E-state index in [4.69, 9.17) is 0 Å². The Morgan fingerprint density at radius 1 is 0.857 bits per heavy atom. The second-order valence-electron chi connectivity index (χ2n) is 8.98. The predicted octanol–water partition coefficient (Wildman–Crippen LogP) is 4.68. The van der Waals surface area contributed by atoms with E-state index in [1.807, 2.05) is 47.8 Å². The summed E-state index contributed by atoms with van der Waals surface area (Å²) in [6, 6.07) is 18.3. The summed E-state index contributed by atoms with van der Waals surface area (Å²) in [5.41, 5.74) is 6.69. The van der Waals surface area contributed by atoms with Gasteiger partial charge in [0.2, 0.25) is 5.91 Å². The first-order valence-electron chi connectivity index (χ1n) is 11.8. The molecule has 7 heteroatoms. The van der Waals surface area contributed by atoms with E-state index >= 15 is 0 Å². The summed E-state index contributed by atoms with van der Waals surface area (Å²) in [6.45, 7) is 3.82. The van der Waals surface area contributed by atoms with Gasteiger partial charge in [-0.25, -0.2) is 4.98 Å². The number of hydrogen-bond donors (Lipinski definition) is 2. The molecule has 4 heterocycles. The molecule has 0 spiro atoms. The highest BCUT2D eigenvalue weighted by Crippen LogP contribution is 2.32. The largest absolute Gasteiger partial charge is 0.361 e.